The molecule has 1 heterocycles. The molecule has 6 nitrogen and oxygen atoms in total. The first kappa shape index (κ1) is 10.4. The average Bonchev–Trinajstić information content (AvgIpc) is 2.07. The van der Waals surface area contributed by atoms with Gasteiger partial charge >= 0.3 is 5.97 Å². The lowest BCUT2D eigenvalue weighted by molar-refractivity contribution is -0.223. The number of aliphatic hydroxyl groups is 3. The first-order chi connectivity index (χ1) is 5.95. The fourth-order valence-electron chi connectivity index (χ4n) is 1.26. The number of ether oxygens (including phenoxy) is 1. The Labute approximate surface area is 74.4 Å². The van der Waals surface area contributed by atoms with Gasteiger partial charge in [0.25, 0.3) is 0 Å². The summed E-state index contributed by atoms with van der Waals surface area (Å²) in [5, 5.41) is 36.1. The van der Waals surface area contributed by atoms with E-state index in [1.54, 1.807) is 0 Å². The molecule has 0 aromatic carbocycles. The van der Waals surface area contributed by atoms with E-state index in [1.807, 2.05) is 0 Å². The monoisotopic (exact) mass is 192 g/mol. The van der Waals surface area contributed by atoms with Crippen LogP contribution in [-0.4, -0.2) is 56.9 Å². The van der Waals surface area contributed by atoms with E-state index >= 15 is 0 Å². The van der Waals surface area contributed by atoms with Crippen molar-refractivity contribution in [3.63, 3.8) is 0 Å². The van der Waals surface area contributed by atoms with Gasteiger partial charge in [0.15, 0.2) is 6.10 Å². The third-order valence-electron chi connectivity index (χ3n) is 2.10. The Balaban J connectivity index is 2.76. The van der Waals surface area contributed by atoms with Gasteiger partial charge in [-0.05, 0) is 6.92 Å². The Bertz CT molecular complexity index is 205. The molecule has 0 spiro atoms. The average molecular weight is 192 g/mol. The minimum absolute atomic E-state index is 0.806. The molecule has 0 amide bonds. The lowest BCUT2D eigenvalue weighted by atomic mass is 9.96. The van der Waals surface area contributed by atoms with Crippen LogP contribution in [0.5, 0.6) is 0 Å². The second kappa shape index (κ2) is 3.59. The molecule has 1 rings (SSSR count). The number of aliphatic hydroxyl groups excluding tert-OH is 3. The first-order valence-electron chi connectivity index (χ1n) is 3.87. The second-order valence-corrected chi connectivity index (χ2v) is 3.07. The van der Waals surface area contributed by atoms with E-state index in [1.165, 1.54) is 6.92 Å². The minimum atomic E-state index is -1.59. The third kappa shape index (κ3) is 1.80. The number of hydrogen-bond acceptors (Lipinski definition) is 5. The summed E-state index contributed by atoms with van der Waals surface area (Å²) in [5.74, 6) is -1.36. The Hall–Kier alpha value is -0.690. The van der Waals surface area contributed by atoms with Crippen molar-refractivity contribution in [2.45, 2.75) is 37.4 Å². The largest absolute Gasteiger partial charge is 0.479 e. The zero-order valence-electron chi connectivity index (χ0n) is 6.99. The molecule has 2 unspecified atom stereocenters. The van der Waals surface area contributed by atoms with Gasteiger partial charge in [-0.1, -0.05) is 0 Å². The lowest BCUT2D eigenvalue weighted by Gasteiger charge is -2.37. The minimum Gasteiger partial charge on any atom is -0.479 e. The lowest BCUT2D eigenvalue weighted by Crippen LogP contribution is -2.58. The molecule has 0 aromatic rings. The maximum atomic E-state index is 10.5. The Morgan fingerprint density at radius 3 is 2.15 bits per heavy atom. The third-order valence-corrected chi connectivity index (χ3v) is 2.10. The highest BCUT2D eigenvalue weighted by molar-refractivity contribution is 5.73. The fourth-order valence-corrected chi connectivity index (χ4v) is 1.26. The first-order valence-corrected chi connectivity index (χ1v) is 3.87. The molecule has 13 heavy (non-hydrogen) atoms. The number of carboxylic acid groups (broad SMARTS) is 1. The van der Waals surface area contributed by atoms with Crippen LogP contribution >= 0.6 is 0 Å². The van der Waals surface area contributed by atoms with Crippen LogP contribution < -0.4 is 0 Å². The highest BCUT2D eigenvalue weighted by Crippen LogP contribution is 2.20. The molecule has 5 atom stereocenters. The fraction of sp³-hybridized carbons (Fsp3) is 0.857. The van der Waals surface area contributed by atoms with E-state index in [4.69, 9.17) is 9.84 Å². The SMILES string of the molecule is C[C@@H]1OC(C(=O)O)[C@@H](O)[C@@H](O)C1O. The molecular formula is C7H12O6. The zero-order chi connectivity index (χ0) is 10.2. The molecule has 1 aliphatic heterocycles. The molecule has 0 radical (unpaired) electrons. The molecule has 1 aliphatic rings. The normalized spacial score (nSPS) is 46.0. The Kier molecular flexibility index (Phi) is 2.87. The van der Waals surface area contributed by atoms with E-state index in [0.29, 0.717) is 0 Å². The number of carbonyl (C=O) groups is 1. The van der Waals surface area contributed by atoms with Gasteiger partial charge in [0, 0.05) is 0 Å². The summed E-state index contributed by atoms with van der Waals surface area (Å²) in [5.41, 5.74) is 0. The number of hydrogen-bond donors (Lipinski definition) is 4. The summed E-state index contributed by atoms with van der Waals surface area (Å²) in [6.07, 6.45) is -6.62. The van der Waals surface area contributed by atoms with Crippen molar-refractivity contribution in [3.05, 3.63) is 0 Å². The number of aliphatic carboxylic acids is 1. The van der Waals surface area contributed by atoms with Crippen molar-refractivity contribution in [1.82, 2.24) is 0 Å². The predicted molar refractivity (Wildman–Crippen MR) is 40.0 cm³/mol. The van der Waals surface area contributed by atoms with Crippen molar-refractivity contribution in [2.75, 3.05) is 0 Å². The number of rotatable bonds is 1. The smallest absolute Gasteiger partial charge is 0.335 e. The van der Waals surface area contributed by atoms with E-state index in [2.05, 4.69) is 0 Å². The summed E-state index contributed by atoms with van der Waals surface area (Å²) < 4.78 is 4.78. The summed E-state index contributed by atoms with van der Waals surface area (Å²) in [6, 6.07) is 0. The summed E-state index contributed by atoms with van der Waals surface area (Å²) >= 11 is 0. The summed E-state index contributed by atoms with van der Waals surface area (Å²) in [7, 11) is 0. The van der Waals surface area contributed by atoms with Gasteiger partial charge in [0.05, 0.1) is 6.10 Å². The molecule has 76 valence electrons. The Morgan fingerprint density at radius 1 is 1.15 bits per heavy atom. The van der Waals surface area contributed by atoms with Crippen LogP contribution in [0.3, 0.4) is 0 Å². The van der Waals surface area contributed by atoms with Crippen LogP contribution in [0.1, 0.15) is 6.92 Å². The van der Waals surface area contributed by atoms with Crippen molar-refractivity contribution >= 4 is 5.97 Å². The topological polar surface area (TPSA) is 107 Å². The summed E-state index contributed by atoms with van der Waals surface area (Å²) in [6.45, 7) is 1.43. The van der Waals surface area contributed by atoms with E-state index < -0.39 is 36.5 Å². The Morgan fingerprint density at radius 2 is 1.69 bits per heavy atom. The van der Waals surface area contributed by atoms with Gasteiger partial charge < -0.3 is 25.2 Å². The highest BCUT2D eigenvalue weighted by atomic mass is 16.6. The van der Waals surface area contributed by atoms with Gasteiger partial charge in [0.1, 0.15) is 18.3 Å². The molecule has 0 aliphatic carbocycles. The van der Waals surface area contributed by atoms with E-state index in [-0.39, 0.29) is 0 Å². The van der Waals surface area contributed by atoms with Crippen LogP contribution in [-0.2, 0) is 9.53 Å². The van der Waals surface area contributed by atoms with E-state index in [0.717, 1.165) is 0 Å². The maximum absolute atomic E-state index is 10.5. The molecule has 0 saturated carbocycles. The summed E-state index contributed by atoms with van der Waals surface area (Å²) in [4.78, 5) is 10.5. The van der Waals surface area contributed by atoms with Crippen LogP contribution in [0, 0.1) is 0 Å². The second-order valence-electron chi connectivity index (χ2n) is 3.07. The molecule has 0 aromatic heterocycles. The van der Waals surface area contributed by atoms with Gasteiger partial charge in [0.2, 0.25) is 0 Å². The van der Waals surface area contributed by atoms with Gasteiger partial charge in [-0.25, -0.2) is 4.79 Å². The molecular weight excluding hydrogens is 180 g/mol. The maximum Gasteiger partial charge on any atom is 0.335 e. The number of carboxylic acids is 1. The van der Waals surface area contributed by atoms with Crippen LogP contribution in [0.4, 0.5) is 0 Å². The zero-order valence-corrected chi connectivity index (χ0v) is 6.99. The van der Waals surface area contributed by atoms with Gasteiger partial charge in [-0.15, -0.1) is 0 Å². The van der Waals surface area contributed by atoms with Crippen LogP contribution in [0.2, 0.25) is 0 Å². The molecule has 4 N–H and O–H groups in total. The standard InChI is InChI=1S/C7H12O6/c1-2-3(8)4(9)5(10)6(13-2)7(11)12/h2-6,8-10H,1H3,(H,11,12)/t2-,3?,4-,5-,6?/m0/s1. The van der Waals surface area contributed by atoms with Crippen molar-refractivity contribution < 1.29 is 30.0 Å². The van der Waals surface area contributed by atoms with Crippen LogP contribution in [0.15, 0.2) is 0 Å². The van der Waals surface area contributed by atoms with Crippen molar-refractivity contribution in [2.24, 2.45) is 0 Å². The van der Waals surface area contributed by atoms with Gasteiger partial charge in [-0.2, -0.15) is 0 Å². The van der Waals surface area contributed by atoms with Crippen molar-refractivity contribution in [1.29, 1.82) is 0 Å². The van der Waals surface area contributed by atoms with E-state index in [9.17, 15) is 20.1 Å². The molecule has 1 saturated heterocycles. The predicted octanol–water partition coefficient (Wildman–Crippen LogP) is -2.06. The quantitative estimate of drug-likeness (QED) is 0.380. The molecule has 0 bridgehead atoms. The van der Waals surface area contributed by atoms with Crippen LogP contribution in [0.25, 0.3) is 0 Å². The van der Waals surface area contributed by atoms with Crippen molar-refractivity contribution in [3.8, 4) is 0 Å². The molecule has 6 heteroatoms. The molecule has 1 fully saturated rings. The highest BCUT2D eigenvalue weighted by Gasteiger charge is 2.44. The van der Waals surface area contributed by atoms with Gasteiger partial charge in [-0.3, -0.25) is 0 Å².